The summed E-state index contributed by atoms with van der Waals surface area (Å²) in [6, 6.07) is 4.30. The van der Waals surface area contributed by atoms with Crippen LogP contribution in [0.15, 0.2) is 30.6 Å². The number of aryl methyl sites for hydroxylation is 1. The second-order valence-corrected chi connectivity index (χ2v) is 4.20. The highest BCUT2D eigenvalue weighted by Crippen LogP contribution is 2.17. The van der Waals surface area contributed by atoms with Gasteiger partial charge in [-0.1, -0.05) is 11.6 Å². The van der Waals surface area contributed by atoms with Crippen molar-refractivity contribution in [3.63, 3.8) is 0 Å². The zero-order chi connectivity index (χ0) is 14.5. The van der Waals surface area contributed by atoms with Crippen molar-refractivity contribution in [2.24, 2.45) is 0 Å². The summed E-state index contributed by atoms with van der Waals surface area (Å²) < 4.78 is 0. The Morgan fingerprint density at radius 1 is 1.40 bits per heavy atom. The van der Waals surface area contributed by atoms with E-state index in [4.69, 9.17) is 5.11 Å². The van der Waals surface area contributed by atoms with E-state index in [1.54, 1.807) is 31.5 Å². The predicted molar refractivity (Wildman–Crippen MR) is 72.6 cm³/mol. The molecule has 0 aliphatic carbocycles. The number of imidazole rings is 1. The fraction of sp³-hybridized carbons (Fsp3) is 0.154. The second-order valence-electron chi connectivity index (χ2n) is 4.20. The predicted octanol–water partition coefficient (Wildman–Crippen LogP) is 1.74. The molecule has 7 nitrogen and oxygen atoms in total. The minimum atomic E-state index is -1.09. The molecule has 0 bridgehead atoms. The number of anilines is 1. The number of aromatic nitrogens is 2. The van der Waals surface area contributed by atoms with Gasteiger partial charge in [-0.05, 0) is 19.1 Å². The molecule has 1 heterocycles. The fourth-order valence-corrected chi connectivity index (χ4v) is 1.67. The number of nitrogens with one attached hydrogen (secondary N) is 3. The summed E-state index contributed by atoms with van der Waals surface area (Å²) in [5.74, 6) is -0.474. The van der Waals surface area contributed by atoms with Crippen LogP contribution in [0.5, 0.6) is 0 Å². The molecule has 20 heavy (non-hydrogen) atoms. The Labute approximate surface area is 115 Å². The van der Waals surface area contributed by atoms with Crippen molar-refractivity contribution >= 4 is 17.7 Å². The summed E-state index contributed by atoms with van der Waals surface area (Å²) in [6.07, 6.45) is 3.23. The van der Waals surface area contributed by atoms with Gasteiger partial charge in [0.15, 0.2) is 0 Å². The highest BCUT2D eigenvalue weighted by molar-refractivity contribution is 6.00. The number of carbonyl (C=O) groups is 2. The Balaban J connectivity index is 2.02. The van der Waals surface area contributed by atoms with Gasteiger partial charge in [0.25, 0.3) is 0 Å². The van der Waals surface area contributed by atoms with Crippen LogP contribution in [0.3, 0.4) is 0 Å². The number of hydrogen-bond acceptors (Lipinski definition) is 3. The van der Waals surface area contributed by atoms with Crippen molar-refractivity contribution < 1.29 is 14.7 Å². The van der Waals surface area contributed by atoms with Gasteiger partial charge in [0.2, 0.25) is 0 Å². The van der Waals surface area contributed by atoms with E-state index in [2.05, 4.69) is 20.6 Å². The number of benzene rings is 1. The topological polar surface area (TPSA) is 107 Å². The molecule has 104 valence electrons. The molecule has 0 unspecified atom stereocenters. The number of rotatable bonds is 4. The molecule has 0 aliphatic rings. The van der Waals surface area contributed by atoms with Crippen LogP contribution in [0.2, 0.25) is 0 Å². The Hall–Kier alpha value is -2.83. The lowest BCUT2D eigenvalue weighted by molar-refractivity contribution is 0.0698. The van der Waals surface area contributed by atoms with Gasteiger partial charge < -0.3 is 20.7 Å². The first-order valence-electron chi connectivity index (χ1n) is 5.93. The van der Waals surface area contributed by atoms with Crippen molar-refractivity contribution in [3.05, 3.63) is 47.5 Å². The van der Waals surface area contributed by atoms with Crippen LogP contribution in [0.1, 0.15) is 21.7 Å². The Morgan fingerprint density at radius 3 is 2.85 bits per heavy atom. The summed E-state index contributed by atoms with van der Waals surface area (Å²) >= 11 is 0. The number of nitrogens with zero attached hydrogens (tertiary/aromatic N) is 1. The Morgan fingerprint density at radius 2 is 2.20 bits per heavy atom. The SMILES string of the molecule is Cc1ccc(NC(=O)NCc2ncc[nH]2)c(C(=O)O)c1. The van der Waals surface area contributed by atoms with Crippen molar-refractivity contribution in [1.82, 2.24) is 15.3 Å². The fourth-order valence-electron chi connectivity index (χ4n) is 1.67. The van der Waals surface area contributed by atoms with Crippen LogP contribution < -0.4 is 10.6 Å². The molecule has 0 radical (unpaired) electrons. The van der Waals surface area contributed by atoms with Gasteiger partial charge in [-0.2, -0.15) is 0 Å². The van der Waals surface area contributed by atoms with Gasteiger partial charge >= 0.3 is 12.0 Å². The van der Waals surface area contributed by atoms with Crippen LogP contribution in [0.25, 0.3) is 0 Å². The largest absolute Gasteiger partial charge is 0.478 e. The lowest BCUT2D eigenvalue weighted by Crippen LogP contribution is -2.29. The minimum absolute atomic E-state index is 0.0538. The molecule has 1 aromatic carbocycles. The zero-order valence-corrected chi connectivity index (χ0v) is 10.8. The van der Waals surface area contributed by atoms with Crippen LogP contribution in [-0.4, -0.2) is 27.1 Å². The van der Waals surface area contributed by atoms with Gasteiger partial charge in [0, 0.05) is 12.4 Å². The molecule has 0 fully saturated rings. The van der Waals surface area contributed by atoms with Crippen molar-refractivity contribution in [2.45, 2.75) is 13.5 Å². The average Bonchev–Trinajstić information content (AvgIpc) is 2.91. The monoisotopic (exact) mass is 274 g/mol. The van der Waals surface area contributed by atoms with Crippen LogP contribution >= 0.6 is 0 Å². The highest BCUT2D eigenvalue weighted by Gasteiger charge is 2.12. The van der Waals surface area contributed by atoms with Crippen molar-refractivity contribution in [1.29, 1.82) is 0 Å². The molecule has 0 saturated carbocycles. The van der Waals surface area contributed by atoms with Gasteiger partial charge in [-0.3, -0.25) is 0 Å². The second kappa shape index (κ2) is 5.87. The van der Waals surface area contributed by atoms with E-state index in [1.165, 1.54) is 6.07 Å². The van der Waals surface area contributed by atoms with Crippen molar-refractivity contribution in [3.8, 4) is 0 Å². The summed E-state index contributed by atoms with van der Waals surface area (Å²) in [5, 5.41) is 14.2. The number of urea groups is 1. The summed E-state index contributed by atoms with van der Waals surface area (Å²) in [7, 11) is 0. The van der Waals surface area contributed by atoms with Crippen molar-refractivity contribution in [2.75, 3.05) is 5.32 Å². The van der Waals surface area contributed by atoms with Gasteiger partial charge in [0.05, 0.1) is 17.8 Å². The first-order valence-corrected chi connectivity index (χ1v) is 5.93. The molecule has 1 aromatic heterocycles. The number of carboxylic acid groups (broad SMARTS) is 1. The van der Waals surface area contributed by atoms with E-state index in [-0.39, 0.29) is 17.8 Å². The van der Waals surface area contributed by atoms with E-state index in [1.807, 2.05) is 0 Å². The molecule has 2 aromatic rings. The molecule has 2 rings (SSSR count). The number of hydrogen-bond donors (Lipinski definition) is 4. The molecule has 7 heteroatoms. The van der Waals surface area contributed by atoms with Gasteiger partial charge in [-0.15, -0.1) is 0 Å². The quantitative estimate of drug-likeness (QED) is 0.681. The first-order chi connectivity index (χ1) is 9.56. The minimum Gasteiger partial charge on any atom is -0.478 e. The molecule has 0 saturated heterocycles. The van der Waals surface area contributed by atoms with Crippen LogP contribution in [-0.2, 0) is 6.54 Å². The summed E-state index contributed by atoms with van der Waals surface area (Å²) in [6.45, 7) is 2.01. The number of carboxylic acids is 1. The Bertz CT molecular complexity index is 623. The maximum absolute atomic E-state index is 11.7. The first kappa shape index (κ1) is 13.6. The smallest absolute Gasteiger partial charge is 0.337 e. The van der Waals surface area contributed by atoms with E-state index in [9.17, 15) is 9.59 Å². The third kappa shape index (κ3) is 3.35. The molecule has 0 aliphatic heterocycles. The van der Waals surface area contributed by atoms with Crippen LogP contribution in [0, 0.1) is 6.92 Å². The van der Waals surface area contributed by atoms with E-state index in [0.717, 1.165) is 5.56 Å². The molecular weight excluding hydrogens is 260 g/mol. The zero-order valence-electron chi connectivity index (χ0n) is 10.8. The maximum atomic E-state index is 11.7. The lowest BCUT2D eigenvalue weighted by Gasteiger charge is -2.10. The molecule has 0 spiro atoms. The van der Waals surface area contributed by atoms with E-state index in [0.29, 0.717) is 5.82 Å². The van der Waals surface area contributed by atoms with Crippen LogP contribution in [0.4, 0.5) is 10.5 Å². The standard InChI is InChI=1S/C13H14N4O3/c1-8-2-3-10(9(6-8)12(18)19)17-13(20)16-7-11-14-4-5-15-11/h2-6H,7H2,1H3,(H,14,15)(H,18,19)(H2,16,17,20). The van der Waals surface area contributed by atoms with Gasteiger partial charge in [0.1, 0.15) is 5.82 Å². The Kier molecular flexibility index (Phi) is 3.99. The number of amides is 2. The lowest BCUT2D eigenvalue weighted by atomic mass is 10.1. The number of carbonyl (C=O) groups excluding carboxylic acids is 1. The molecule has 4 N–H and O–H groups in total. The number of aromatic carboxylic acids is 1. The maximum Gasteiger partial charge on any atom is 0.337 e. The normalized spacial score (nSPS) is 10.1. The number of aromatic amines is 1. The summed E-state index contributed by atoms with van der Waals surface area (Å²) in [5.41, 5.74) is 1.11. The van der Waals surface area contributed by atoms with E-state index >= 15 is 0 Å². The number of H-pyrrole nitrogens is 1. The third-order valence-corrected chi connectivity index (χ3v) is 2.62. The van der Waals surface area contributed by atoms with Gasteiger partial charge in [-0.25, -0.2) is 14.6 Å². The molecular formula is C13H14N4O3. The summed E-state index contributed by atoms with van der Waals surface area (Å²) in [4.78, 5) is 29.6. The third-order valence-electron chi connectivity index (χ3n) is 2.62. The molecule has 2 amide bonds. The molecule has 0 atom stereocenters. The average molecular weight is 274 g/mol. The van der Waals surface area contributed by atoms with E-state index < -0.39 is 12.0 Å². The highest BCUT2D eigenvalue weighted by atomic mass is 16.4.